The molecule has 6 rings (SSSR count). The molecule has 5 heterocycles. The van der Waals surface area contributed by atoms with E-state index in [4.69, 9.17) is 9.72 Å². The molecule has 1 unspecified atom stereocenters. The molecule has 3 aromatic rings. The summed E-state index contributed by atoms with van der Waals surface area (Å²) in [5, 5.41) is 22.3. The molecule has 0 aliphatic carbocycles. The van der Waals surface area contributed by atoms with Crippen molar-refractivity contribution in [1.29, 1.82) is 0 Å². The zero-order chi connectivity index (χ0) is 21.5. The average Bonchev–Trinajstić information content (AvgIpc) is 3.52. The van der Waals surface area contributed by atoms with Crippen molar-refractivity contribution in [3.8, 4) is 17.1 Å². The van der Waals surface area contributed by atoms with Crippen LogP contribution in [0.2, 0.25) is 0 Å². The highest BCUT2D eigenvalue weighted by Crippen LogP contribution is 2.39. The lowest BCUT2D eigenvalue weighted by Gasteiger charge is -2.31. The molecule has 166 valence electrons. The summed E-state index contributed by atoms with van der Waals surface area (Å²) in [6.07, 6.45) is 0.110. The molecule has 1 aromatic carbocycles. The van der Waals surface area contributed by atoms with Crippen molar-refractivity contribution in [3.05, 3.63) is 56.9 Å². The second-order valence-corrected chi connectivity index (χ2v) is 8.51. The third-order valence-corrected chi connectivity index (χ3v) is 6.70. The lowest BCUT2D eigenvalue weighted by Crippen LogP contribution is -2.44. The molecule has 1 fully saturated rings. The molecule has 2 aromatic heterocycles. The number of halogens is 1. The molecule has 32 heavy (non-hydrogen) atoms. The smallest absolute Gasteiger partial charge is 0.343 e. The Kier molecular flexibility index (Phi) is 4.60. The number of phenolic OH excluding ortho intramolecular Hbond substituents is 1. The lowest BCUT2D eigenvalue weighted by molar-refractivity contribution is -0.172. The van der Waals surface area contributed by atoms with E-state index in [0.29, 0.717) is 35.6 Å². The molecular formula is C23H22ClN3O5. The topological polar surface area (TPSA) is 105 Å². The molecule has 0 bridgehead atoms. The van der Waals surface area contributed by atoms with Gasteiger partial charge in [0, 0.05) is 41.7 Å². The van der Waals surface area contributed by atoms with Crippen molar-refractivity contribution in [2.45, 2.75) is 38.6 Å². The number of nitrogens with zero attached hydrogens (tertiary/aromatic N) is 3. The van der Waals surface area contributed by atoms with Gasteiger partial charge in [-0.2, -0.15) is 0 Å². The Hall–Kier alpha value is -2.94. The number of benzene rings is 1. The number of cyclic esters (lactones) is 1. The minimum absolute atomic E-state index is 0. The highest BCUT2D eigenvalue weighted by Gasteiger charge is 2.45. The van der Waals surface area contributed by atoms with E-state index in [9.17, 15) is 19.8 Å². The van der Waals surface area contributed by atoms with E-state index >= 15 is 0 Å². The summed E-state index contributed by atoms with van der Waals surface area (Å²) in [5.74, 6) is -0.486. The summed E-state index contributed by atoms with van der Waals surface area (Å²) >= 11 is 0. The number of carbonyl (C=O) groups is 1. The second kappa shape index (κ2) is 7.03. The van der Waals surface area contributed by atoms with Gasteiger partial charge >= 0.3 is 5.97 Å². The maximum absolute atomic E-state index is 13.2. The number of fused-ring (bicyclic) bond motifs is 5. The van der Waals surface area contributed by atoms with Crippen molar-refractivity contribution in [3.63, 3.8) is 0 Å². The highest BCUT2D eigenvalue weighted by molar-refractivity contribution is 5.89. The highest BCUT2D eigenvalue weighted by atomic mass is 35.5. The van der Waals surface area contributed by atoms with Gasteiger partial charge in [0.05, 0.1) is 29.0 Å². The van der Waals surface area contributed by atoms with Crippen LogP contribution in [-0.2, 0) is 34.8 Å². The van der Waals surface area contributed by atoms with Gasteiger partial charge in [-0.25, -0.2) is 9.78 Å². The van der Waals surface area contributed by atoms with Gasteiger partial charge in [0.15, 0.2) is 5.60 Å². The molecular weight excluding hydrogens is 434 g/mol. The summed E-state index contributed by atoms with van der Waals surface area (Å²) < 4.78 is 6.73. The largest absolute Gasteiger partial charge is 0.508 e. The number of aromatic hydroxyl groups is 1. The zero-order valence-corrected chi connectivity index (χ0v) is 18.2. The average molecular weight is 456 g/mol. The van der Waals surface area contributed by atoms with Crippen LogP contribution in [0.3, 0.4) is 0 Å². The van der Waals surface area contributed by atoms with E-state index in [-0.39, 0.29) is 36.7 Å². The molecule has 8 nitrogen and oxygen atoms in total. The van der Waals surface area contributed by atoms with E-state index in [2.05, 4.69) is 4.90 Å². The van der Waals surface area contributed by atoms with Gasteiger partial charge in [0.2, 0.25) is 0 Å². The number of rotatable bonds is 3. The van der Waals surface area contributed by atoms with Crippen LogP contribution in [0.4, 0.5) is 0 Å². The Morgan fingerprint density at radius 1 is 1.22 bits per heavy atom. The third-order valence-electron chi connectivity index (χ3n) is 6.70. The Labute approximate surface area is 189 Å². The zero-order valence-electron chi connectivity index (χ0n) is 17.4. The summed E-state index contributed by atoms with van der Waals surface area (Å²) in [5.41, 5.74) is 2.20. The number of hydrogen-bond donors (Lipinski definition) is 2. The van der Waals surface area contributed by atoms with Crippen molar-refractivity contribution in [2.75, 3.05) is 13.1 Å². The van der Waals surface area contributed by atoms with Crippen molar-refractivity contribution < 1.29 is 19.7 Å². The van der Waals surface area contributed by atoms with Crippen molar-refractivity contribution in [2.24, 2.45) is 0 Å². The maximum Gasteiger partial charge on any atom is 0.343 e. The predicted molar refractivity (Wildman–Crippen MR) is 119 cm³/mol. The Morgan fingerprint density at radius 3 is 2.72 bits per heavy atom. The van der Waals surface area contributed by atoms with Crippen LogP contribution in [0, 0.1) is 0 Å². The van der Waals surface area contributed by atoms with Gasteiger partial charge < -0.3 is 19.5 Å². The molecule has 9 heteroatoms. The minimum Gasteiger partial charge on any atom is -0.508 e. The molecule has 1 atom stereocenters. The number of carbonyl (C=O) groups excluding carboxylic acids is 1. The minimum atomic E-state index is -1.83. The molecule has 0 amide bonds. The molecule has 1 saturated heterocycles. The quantitative estimate of drug-likeness (QED) is 0.359. The van der Waals surface area contributed by atoms with Crippen LogP contribution in [0.5, 0.6) is 5.75 Å². The van der Waals surface area contributed by atoms with Crippen LogP contribution < -0.4 is 5.56 Å². The van der Waals surface area contributed by atoms with E-state index in [0.717, 1.165) is 35.1 Å². The van der Waals surface area contributed by atoms with Gasteiger partial charge in [-0.1, -0.05) is 6.92 Å². The fraction of sp³-hybridized carbons (Fsp3) is 0.348. The van der Waals surface area contributed by atoms with Crippen LogP contribution in [0.1, 0.15) is 35.6 Å². The van der Waals surface area contributed by atoms with E-state index in [1.807, 2.05) is 6.07 Å². The molecule has 0 radical (unpaired) electrons. The number of ether oxygens (including phenoxy) is 1. The first-order chi connectivity index (χ1) is 14.9. The number of esters is 1. The standard InChI is InChI=1S/C23H21N3O5.ClH/c1-2-23(30)16-8-18-20-12(9-26(18)21(28)15(16)11-31-22(23)29)7-13-14(10-25-5-6-25)19(27)4-3-17(13)24-20;/h3-4,7-8,27,30H,2,5-6,9-11H2,1H3;1H. The first-order valence-corrected chi connectivity index (χ1v) is 10.4. The molecule has 0 spiro atoms. The summed E-state index contributed by atoms with van der Waals surface area (Å²) in [4.78, 5) is 32.6. The Morgan fingerprint density at radius 2 is 2.00 bits per heavy atom. The predicted octanol–water partition coefficient (Wildman–Crippen LogP) is 2.02. The number of pyridine rings is 2. The number of aliphatic hydroxyl groups is 1. The van der Waals surface area contributed by atoms with E-state index in [1.54, 1.807) is 29.7 Å². The van der Waals surface area contributed by atoms with Crippen LogP contribution in [0.25, 0.3) is 22.3 Å². The first-order valence-electron chi connectivity index (χ1n) is 10.4. The van der Waals surface area contributed by atoms with E-state index < -0.39 is 11.6 Å². The molecule has 3 aliphatic heterocycles. The normalized spacial score (nSPS) is 20.9. The van der Waals surface area contributed by atoms with Gasteiger partial charge in [-0.15, -0.1) is 12.4 Å². The summed E-state index contributed by atoms with van der Waals surface area (Å²) in [7, 11) is 0. The molecule has 0 saturated carbocycles. The third kappa shape index (κ3) is 2.80. The summed E-state index contributed by atoms with van der Waals surface area (Å²) in [6.45, 7) is 4.58. The second-order valence-electron chi connectivity index (χ2n) is 8.51. The van der Waals surface area contributed by atoms with Crippen LogP contribution in [0.15, 0.2) is 29.1 Å². The lowest BCUT2D eigenvalue weighted by atomic mass is 9.86. The van der Waals surface area contributed by atoms with Crippen molar-refractivity contribution in [1.82, 2.24) is 14.5 Å². The fourth-order valence-corrected chi connectivity index (χ4v) is 4.72. The number of aromatic nitrogens is 2. The maximum atomic E-state index is 13.2. The number of phenols is 1. The number of hydrogen-bond acceptors (Lipinski definition) is 7. The first kappa shape index (κ1) is 20.9. The van der Waals surface area contributed by atoms with E-state index in [1.165, 1.54) is 0 Å². The van der Waals surface area contributed by atoms with Gasteiger partial charge in [0.25, 0.3) is 5.56 Å². The Balaban J connectivity index is 0.00000216. The summed E-state index contributed by atoms with van der Waals surface area (Å²) in [6, 6.07) is 7.13. The van der Waals surface area contributed by atoms with Crippen LogP contribution in [-0.4, -0.2) is 43.7 Å². The fourth-order valence-electron chi connectivity index (χ4n) is 4.72. The molecule has 2 N–H and O–H groups in total. The van der Waals surface area contributed by atoms with Gasteiger partial charge in [-0.05, 0) is 30.7 Å². The molecule has 3 aliphatic rings. The van der Waals surface area contributed by atoms with Gasteiger partial charge in [-0.3, -0.25) is 9.69 Å². The Bertz CT molecular complexity index is 1360. The van der Waals surface area contributed by atoms with Gasteiger partial charge in [0.1, 0.15) is 12.4 Å². The van der Waals surface area contributed by atoms with Crippen molar-refractivity contribution >= 4 is 29.3 Å². The van der Waals surface area contributed by atoms with Crippen LogP contribution >= 0.6 is 12.4 Å². The monoisotopic (exact) mass is 455 g/mol. The SMILES string of the molecule is CCC1(O)C(=O)OCc2c1cc1n(c2=O)Cc2cc3c(CN4CC4)c(O)ccc3nc2-1.Cl.